The summed E-state index contributed by atoms with van der Waals surface area (Å²) in [6.45, 7) is 1.97. The number of carbonyl (C=O) groups is 1. The number of nitrogens with one attached hydrogen (secondary N) is 1. The molecule has 0 saturated carbocycles. The number of benzene rings is 1. The van der Waals surface area contributed by atoms with Gasteiger partial charge in [0.25, 0.3) is 0 Å². The van der Waals surface area contributed by atoms with Crippen LogP contribution in [0, 0.1) is 5.92 Å². The van der Waals surface area contributed by atoms with Gasteiger partial charge < -0.3 is 15.8 Å². The van der Waals surface area contributed by atoms with Crippen LogP contribution < -0.4 is 15.8 Å². The van der Waals surface area contributed by atoms with Crippen LogP contribution in [0.4, 0.5) is 5.69 Å². The molecule has 0 aromatic heterocycles. The van der Waals surface area contributed by atoms with Crippen LogP contribution in [0.25, 0.3) is 0 Å². The number of rotatable bonds is 6. The number of amides is 1. The van der Waals surface area contributed by atoms with Gasteiger partial charge in [-0.05, 0) is 24.6 Å². The van der Waals surface area contributed by atoms with Crippen molar-refractivity contribution in [3.8, 4) is 5.75 Å². The van der Waals surface area contributed by atoms with E-state index in [1.807, 2.05) is 6.92 Å². The molecular formula is C13H17ClN2O2S. The second-order valence-corrected chi connectivity index (χ2v) is 4.99. The minimum absolute atomic E-state index is 0.195. The van der Waals surface area contributed by atoms with E-state index in [9.17, 15) is 4.79 Å². The number of thiocarbonyl (C=S) groups is 1. The van der Waals surface area contributed by atoms with Gasteiger partial charge in [0.2, 0.25) is 5.91 Å². The number of carbonyl (C=O) groups excluding carboxylic acids is 1. The molecule has 19 heavy (non-hydrogen) atoms. The Balaban J connectivity index is 2.91. The third-order valence-corrected chi connectivity index (χ3v) is 3.18. The van der Waals surface area contributed by atoms with Gasteiger partial charge in [0.1, 0.15) is 5.75 Å². The highest BCUT2D eigenvalue weighted by Gasteiger charge is 2.21. The fourth-order valence-corrected chi connectivity index (χ4v) is 2.09. The van der Waals surface area contributed by atoms with Crippen LogP contribution >= 0.6 is 23.8 Å². The van der Waals surface area contributed by atoms with E-state index >= 15 is 0 Å². The fraction of sp³-hybridized carbons (Fsp3) is 0.385. The molecule has 0 saturated heterocycles. The average Bonchev–Trinajstić information content (AvgIpc) is 2.35. The summed E-state index contributed by atoms with van der Waals surface area (Å²) in [4.78, 5) is 12.3. The SMILES string of the molecule is CCCC(C(=O)Nc1cc(Cl)ccc1OC)C(N)=S. The maximum Gasteiger partial charge on any atom is 0.234 e. The predicted octanol–water partition coefficient (Wildman–Crippen LogP) is 2.99. The smallest absolute Gasteiger partial charge is 0.234 e. The zero-order valence-corrected chi connectivity index (χ0v) is 12.5. The lowest BCUT2D eigenvalue weighted by Gasteiger charge is -2.16. The quantitative estimate of drug-likeness (QED) is 0.793. The Kier molecular flexibility index (Phi) is 6.05. The zero-order valence-electron chi connectivity index (χ0n) is 10.9. The molecule has 0 radical (unpaired) electrons. The summed E-state index contributed by atoms with van der Waals surface area (Å²) >= 11 is 10.8. The highest BCUT2D eigenvalue weighted by Crippen LogP contribution is 2.28. The van der Waals surface area contributed by atoms with Crippen LogP contribution in [-0.2, 0) is 4.79 Å². The molecule has 104 valence electrons. The van der Waals surface area contributed by atoms with E-state index in [2.05, 4.69) is 5.32 Å². The molecule has 0 aliphatic carbocycles. The van der Waals surface area contributed by atoms with Gasteiger partial charge >= 0.3 is 0 Å². The van der Waals surface area contributed by atoms with E-state index in [4.69, 9.17) is 34.3 Å². The van der Waals surface area contributed by atoms with E-state index in [1.165, 1.54) is 7.11 Å². The van der Waals surface area contributed by atoms with Gasteiger partial charge in [-0.15, -0.1) is 0 Å². The van der Waals surface area contributed by atoms with Crippen LogP contribution in [0.5, 0.6) is 5.75 Å². The Labute approximate surface area is 123 Å². The molecule has 6 heteroatoms. The van der Waals surface area contributed by atoms with Crippen molar-refractivity contribution >= 4 is 40.4 Å². The predicted molar refractivity (Wildman–Crippen MR) is 81.8 cm³/mol. The van der Waals surface area contributed by atoms with Crippen molar-refractivity contribution in [2.75, 3.05) is 12.4 Å². The fourth-order valence-electron chi connectivity index (χ4n) is 1.69. The van der Waals surface area contributed by atoms with Gasteiger partial charge in [-0.2, -0.15) is 0 Å². The molecule has 1 aromatic rings. The average molecular weight is 301 g/mol. The molecule has 3 N–H and O–H groups in total. The molecule has 1 amide bonds. The lowest BCUT2D eigenvalue weighted by molar-refractivity contribution is -0.118. The number of hydrogen-bond acceptors (Lipinski definition) is 3. The van der Waals surface area contributed by atoms with Crippen molar-refractivity contribution < 1.29 is 9.53 Å². The summed E-state index contributed by atoms with van der Waals surface area (Å²) in [5.74, 6) is -0.186. The molecule has 0 fully saturated rings. The van der Waals surface area contributed by atoms with Crippen LogP contribution in [0.3, 0.4) is 0 Å². The summed E-state index contributed by atoms with van der Waals surface area (Å²) < 4.78 is 5.16. The monoisotopic (exact) mass is 300 g/mol. The first-order chi connectivity index (χ1) is 8.99. The molecule has 0 aliphatic rings. The highest BCUT2D eigenvalue weighted by atomic mass is 35.5. The molecule has 1 atom stereocenters. The first-order valence-corrected chi connectivity index (χ1v) is 6.72. The number of halogens is 1. The van der Waals surface area contributed by atoms with Gasteiger partial charge in [0, 0.05) is 5.02 Å². The third-order valence-electron chi connectivity index (χ3n) is 2.66. The first kappa shape index (κ1) is 15.7. The largest absolute Gasteiger partial charge is 0.495 e. The Hall–Kier alpha value is -1.33. The van der Waals surface area contributed by atoms with E-state index < -0.39 is 5.92 Å². The first-order valence-electron chi connectivity index (χ1n) is 5.93. The lowest BCUT2D eigenvalue weighted by atomic mass is 10.0. The summed E-state index contributed by atoms with van der Waals surface area (Å²) in [6, 6.07) is 5.00. The molecule has 0 heterocycles. The van der Waals surface area contributed by atoms with Gasteiger partial charge in [0.05, 0.1) is 23.7 Å². The molecule has 0 spiro atoms. The van der Waals surface area contributed by atoms with Crippen molar-refractivity contribution in [1.82, 2.24) is 0 Å². The van der Waals surface area contributed by atoms with E-state index in [1.54, 1.807) is 18.2 Å². The minimum atomic E-state index is -0.483. The van der Waals surface area contributed by atoms with Gasteiger partial charge in [-0.1, -0.05) is 37.2 Å². The van der Waals surface area contributed by atoms with Gasteiger partial charge in [-0.25, -0.2) is 0 Å². The van der Waals surface area contributed by atoms with Crippen molar-refractivity contribution in [2.24, 2.45) is 11.7 Å². The Morgan fingerprint density at radius 2 is 2.26 bits per heavy atom. The number of ether oxygens (including phenoxy) is 1. The van der Waals surface area contributed by atoms with E-state index in [0.29, 0.717) is 22.9 Å². The number of nitrogens with two attached hydrogens (primary N) is 1. The highest BCUT2D eigenvalue weighted by molar-refractivity contribution is 7.80. The Morgan fingerprint density at radius 3 is 2.79 bits per heavy atom. The third kappa shape index (κ3) is 4.36. The molecule has 4 nitrogen and oxygen atoms in total. The zero-order chi connectivity index (χ0) is 14.4. The molecule has 0 bridgehead atoms. The van der Waals surface area contributed by atoms with Crippen molar-refractivity contribution in [1.29, 1.82) is 0 Å². The molecule has 0 aliphatic heterocycles. The summed E-state index contributed by atoms with van der Waals surface area (Å²) in [7, 11) is 1.52. The van der Waals surface area contributed by atoms with Crippen LogP contribution in [0.15, 0.2) is 18.2 Å². The minimum Gasteiger partial charge on any atom is -0.495 e. The Morgan fingerprint density at radius 1 is 1.58 bits per heavy atom. The van der Waals surface area contributed by atoms with Crippen molar-refractivity contribution in [3.05, 3.63) is 23.2 Å². The van der Waals surface area contributed by atoms with Crippen molar-refractivity contribution in [3.63, 3.8) is 0 Å². The topological polar surface area (TPSA) is 64.3 Å². The number of anilines is 1. The summed E-state index contributed by atoms with van der Waals surface area (Å²) in [5.41, 5.74) is 6.10. The normalized spacial score (nSPS) is 11.7. The van der Waals surface area contributed by atoms with Crippen LogP contribution in [-0.4, -0.2) is 18.0 Å². The van der Waals surface area contributed by atoms with Gasteiger partial charge in [0.15, 0.2) is 0 Å². The maximum atomic E-state index is 12.1. The standard InChI is InChI=1S/C13H17ClN2O2S/c1-3-4-9(12(15)19)13(17)16-10-7-8(14)5-6-11(10)18-2/h5-7,9H,3-4H2,1-2H3,(H2,15,19)(H,16,17). The molecule has 1 unspecified atom stereocenters. The molecule has 1 aromatic carbocycles. The second-order valence-electron chi connectivity index (χ2n) is 4.08. The number of hydrogen-bond donors (Lipinski definition) is 2. The maximum absolute atomic E-state index is 12.1. The van der Waals surface area contributed by atoms with E-state index in [-0.39, 0.29) is 10.9 Å². The second kappa shape index (κ2) is 7.31. The number of methoxy groups -OCH3 is 1. The molecular weight excluding hydrogens is 284 g/mol. The summed E-state index contributed by atoms with van der Waals surface area (Å²) in [6.07, 6.45) is 1.44. The van der Waals surface area contributed by atoms with Gasteiger partial charge in [-0.3, -0.25) is 4.79 Å². The van der Waals surface area contributed by atoms with Crippen molar-refractivity contribution in [2.45, 2.75) is 19.8 Å². The van der Waals surface area contributed by atoms with Crippen LogP contribution in [0.2, 0.25) is 5.02 Å². The summed E-state index contributed by atoms with van der Waals surface area (Å²) in [5, 5.41) is 3.27. The molecule has 1 rings (SSSR count). The Bertz CT molecular complexity index is 480. The lowest BCUT2D eigenvalue weighted by Crippen LogP contribution is -2.33. The van der Waals surface area contributed by atoms with E-state index in [0.717, 1.165) is 6.42 Å². The van der Waals surface area contributed by atoms with Crippen LogP contribution in [0.1, 0.15) is 19.8 Å².